The summed E-state index contributed by atoms with van der Waals surface area (Å²) in [5.74, 6) is 0.527. The topological polar surface area (TPSA) is 20.2 Å². The third-order valence-electron chi connectivity index (χ3n) is 2.38. The van der Waals surface area contributed by atoms with Crippen LogP contribution in [-0.2, 0) is 12.4 Å². The first-order valence-corrected chi connectivity index (χ1v) is 6.33. The van der Waals surface area contributed by atoms with Crippen molar-refractivity contribution in [3.05, 3.63) is 65.5 Å². The quantitative estimate of drug-likeness (QED) is 0.834. The van der Waals surface area contributed by atoms with E-state index in [0.29, 0.717) is 0 Å². The van der Waals surface area contributed by atoms with Gasteiger partial charge in [0.25, 0.3) is 0 Å². The van der Waals surface area contributed by atoms with Gasteiger partial charge in [-0.15, -0.1) is 11.8 Å². The van der Waals surface area contributed by atoms with Gasteiger partial charge in [0, 0.05) is 10.6 Å². The summed E-state index contributed by atoms with van der Waals surface area (Å²) in [6.07, 6.45) is 0. The van der Waals surface area contributed by atoms with Gasteiger partial charge < -0.3 is 5.11 Å². The van der Waals surface area contributed by atoms with Crippen LogP contribution in [0.15, 0.2) is 53.4 Å². The van der Waals surface area contributed by atoms with Crippen molar-refractivity contribution in [2.24, 2.45) is 0 Å². The number of thioether (sulfide) groups is 1. The third-order valence-corrected chi connectivity index (χ3v) is 3.44. The predicted molar refractivity (Wildman–Crippen MR) is 68.3 cm³/mol. The molecule has 0 aliphatic carbocycles. The van der Waals surface area contributed by atoms with E-state index in [1.165, 1.54) is 6.07 Å². The number of aliphatic hydroxyl groups excluding tert-OH is 1. The van der Waals surface area contributed by atoms with Crippen molar-refractivity contribution in [3.63, 3.8) is 0 Å². The van der Waals surface area contributed by atoms with Crippen LogP contribution < -0.4 is 0 Å². The third kappa shape index (κ3) is 3.58. The van der Waals surface area contributed by atoms with E-state index < -0.39 is 0 Å². The number of benzene rings is 2. The van der Waals surface area contributed by atoms with E-state index in [-0.39, 0.29) is 12.4 Å². The Hall–Kier alpha value is -1.32. The van der Waals surface area contributed by atoms with E-state index in [4.69, 9.17) is 5.11 Å². The average Bonchev–Trinajstić information content (AvgIpc) is 2.37. The Bertz CT molecular complexity index is 499. The van der Waals surface area contributed by atoms with Crippen LogP contribution in [0.2, 0.25) is 0 Å². The van der Waals surface area contributed by atoms with Crippen LogP contribution in [0.3, 0.4) is 0 Å². The molecule has 0 unspecified atom stereocenters. The summed E-state index contributed by atoms with van der Waals surface area (Å²) in [5.41, 5.74) is 1.86. The number of hydrogen-bond acceptors (Lipinski definition) is 2. The van der Waals surface area contributed by atoms with Crippen LogP contribution in [0.1, 0.15) is 11.1 Å². The maximum absolute atomic E-state index is 13.0. The Labute approximate surface area is 104 Å². The lowest BCUT2D eigenvalue weighted by Gasteiger charge is -2.04. The first kappa shape index (κ1) is 12.1. The molecule has 1 nitrogen and oxygen atoms in total. The second-order valence-corrected chi connectivity index (χ2v) is 4.77. The average molecular weight is 248 g/mol. The zero-order valence-electron chi connectivity index (χ0n) is 9.27. The highest BCUT2D eigenvalue weighted by Crippen LogP contribution is 2.23. The standard InChI is InChI=1S/C14H13FOS/c15-13-5-1-4-12(7-13)10-17-14-6-2-3-11(8-14)9-16/h1-8,16H,9-10H2. The van der Waals surface area contributed by atoms with Gasteiger partial charge in [-0.3, -0.25) is 0 Å². The molecule has 0 spiro atoms. The van der Waals surface area contributed by atoms with Gasteiger partial charge in [0.2, 0.25) is 0 Å². The van der Waals surface area contributed by atoms with Crippen molar-refractivity contribution in [3.8, 4) is 0 Å². The minimum atomic E-state index is -0.202. The molecular weight excluding hydrogens is 235 g/mol. The minimum absolute atomic E-state index is 0.0500. The number of rotatable bonds is 4. The van der Waals surface area contributed by atoms with Gasteiger partial charge in [-0.25, -0.2) is 4.39 Å². The van der Waals surface area contributed by atoms with E-state index in [1.54, 1.807) is 23.9 Å². The molecule has 3 heteroatoms. The largest absolute Gasteiger partial charge is 0.392 e. The van der Waals surface area contributed by atoms with Crippen molar-refractivity contribution in [1.29, 1.82) is 0 Å². The summed E-state index contributed by atoms with van der Waals surface area (Å²) in [5, 5.41) is 9.02. The highest BCUT2D eigenvalue weighted by molar-refractivity contribution is 7.98. The van der Waals surface area contributed by atoms with Crippen LogP contribution in [-0.4, -0.2) is 5.11 Å². The molecular formula is C14H13FOS. The lowest BCUT2D eigenvalue weighted by molar-refractivity contribution is 0.281. The van der Waals surface area contributed by atoms with Crippen molar-refractivity contribution in [2.45, 2.75) is 17.3 Å². The zero-order valence-corrected chi connectivity index (χ0v) is 10.1. The number of aliphatic hydroxyl groups is 1. The van der Waals surface area contributed by atoms with Crippen molar-refractivity contribution in [2.75, 3.05) is 0 Å². The second-order valence-electron chi connectivity index (χ2n) is 3.72. The van der Waals surface area contributed by atoms with E-state index in [0.717, 1.165) is 21.8 Å². The van der Waals surface area contributed by atoms with Crippen LogP contribution >= 0.6 is 11.8 Å². The van der Waals surface area contributed by atoms with E-state index in [2.05, 4.69) is 0 Å². The fourth-order valence-electron chi connectivity index (χ4n) is 1.53. The fraction of sp³-hybridized carbons (Fsp3) is 0.143. The predicted octanol–water partition coefficient (Wildman–Crippen LogP) is 3.61. The Kier molecular flexibility index (Phi) is 4.18. The van der Waals surface area contributed by atoms with Crippen LogP contribution in [0.5, 0.6) is 0 Å². The van der Waals surface area contributed by atoms with Gasteiger partial charge in [-0.1, -0.05) is 24.3 Å². The summed E-state index contributed by atoms with van der Waals surface area (Å²) in [6.45, 7) is 0.0500. The second kappa shape index (κ2) is 5.84. The Morgan fingerprint density at radius 3 is 2.53 bits per heavy atom. The molecule has 0 amide bonds. The molecule has 0 aliphatic rings. The maximum atomic E-state index is 13.0. The van der Waals surface area contributed by atoms with Crippen molar-refractivity contribution in [1.82, 2.24) is 0 Å². The van der Waals surface area contributed by atoms with E-state index in [9.17, 15) is 4.39 Å². The zero-order chi connectivity index (χ0) is 12.1. The first-order valence-electron chi connectivity index (χ1n) is 5.35. The van der Waals surface area contributed by atoms with E-state index in [1.807, 2.05) is 30.3 Å². The molecule has 88 valence electrons. The minimum Gasteiger partial charge on any atom is -0.392 e. The molecule has 0 bridgehead atoms. The summed E-state index contributed by atoms with van der Waals surface area (Å²) >= 11 is 1.63. The van der Waals surface area contributed by atoms with Gasteiger partial charge in [0.05, 0.1) is 6.61 Å². The molecule has 0 atom stereocenters. The monoisotopic (exact) mass is 248 g/mol. The van der Waals surface area contributed by atoms with Gasteiger partial charge >= 0.3 is 0 Å². The molecule has 0 fully saturated rings. The van der Waals surface area contributed by atoms with Gasteiger partial charge in [-0.2, -0.15) is 0 Å². The van der Waals surface area contributed by atoms with Gasteiger partial charge in [-0.05, 0) is 35.4 Å². The van der Waals surface area contributed by atoms with Crippen molar-refractivity contribution < 1.29 is 9.50 Å². The van der Waals surface area contributed by atoms with Gasteiger partial charge in [0.15, 0.2) is 0 Å². The summed E-state index contributed by atoms with van der Waals surface area (Å²) in [7, 11) is 0. The highest BCUT2D eigenvalue weighted by atomic mass is 32.2. The lowest BCUT2D eigenvalue weighted by atomic mass is 10.2. The summed E-state index contributed by atoms with van der Waals surface area (Å²) in [6, 6.07) is 14.4. The molecule has 2 aromatic rings. The molecule has 17 heavy (non-hydrogen) atoms. The van der Waals surface area contributed by atoms with E-state index >= 15 is 0 Å². The fourth-order valence-corrected chi connectivity index (χ4v) is 2.45. The maximum Gasteiger partial charge on any atom is 0.123 e. The smallest absolute Gasteiger partial charge is 0.123 e. The molecule has 0 saturated heterocycles. The number of halogens is 1. The van der Waals surface area contributed by atoms with Gasteiger partial charge in [0.1, 0.15) is 5.82 Å². The summed E-state index contributed by atoms with van der Waals surface area (Å²) < 4.78 is 13.0. The molecule has 1 N–H and O–H groups in total. The Morgan fingerprint density at radius 1 is 1.00 bits per heavy atom. The Balaban J connectivity index is 2.02. The van der Waals surface area contributed by atoms with Crippen molar-refractivity contribution >= 4 is 11.8 Å². The Morgan fingerprint density at radius 2 is 1.76 bits per heavy atom. The SMILES string of the molecule is OCc1cccc(SCc2cccc(F)c2)c1. The first-order chi connectivity index (χ1) is 8.28. The molecule has 0 saturated carbocycles. The molecule has 0 heterocycles. The highest BCUT2D eigenvalue weighted by Gasteiger charge is 1.99. The molecule has 2 aromatic carbocycles. The normalized spacial score (nSPS) is 10.5. The molecule has 2 rings (SSSR count). The number of hydrogen-bond donors (Lipinski definition) is 1. The van der Waals surface area contributed by atoms with Crippen LogP contribution in [0.4, 0.5) is 4.39 Å². The molecule has 0 aromatic heterocycles. The van der Waals surface area contributed by atoms with Crippen LogP contribution in [0, 0.1) is 5.82 Å². The lowest BCUT2D eigenvalue weighted by Crippen LogP contribution is -1.85. The van der Waals surface area contributed by atoms with Crippen LogP contribution in [0.25, 0.3) is 0 Å². The molecule has 0 radical (unpaired) electrons. The molecule has 0 aliphatic heterocycles. The summed E-state index contributed by atoms with van der Waals surface area (Å²) in [4.78, 5) is 1.08.